The van der Waals surface area contributed by atoms with Crippen molar-refractivity contribution >= 4 is 0 Å². The average Bonchev–Trinajstić information content (AvgIpc) is 2.50. The van der Waals surface area contributed by atoms with Crippen LogP contribution in [-0.4, -0.2) is 36.9 Å². The van der Waals surface area contributed by atoms with Crippen molar-refractivity contribution in [3.8, 4) is 0 Å². The number of nitrogens with one attached hydrogen (secondary N) is 2. The molecule has 0 aromatic rings. The van der Waals surface area contributed by atoms with Gasteiger partial charge in [-0.2, -0.15) is 0 Å². The summed E-state index contributed by atoms with van der Waals surface area (Å²) in [5.41, 5.74) is 1.80. The minimum Gasteiger partial charge on any atom is -0.377 e. The molecule has 0 spiro atoms. The van der Waals surface area contributed by atoms with E-state index in [1.165, 1.54) is 25.7 Å². The van der Waals surface area contributed by atoms with E-state index in [4.69, 9.17) is 4.74 Å². The monoisotopic (exact) mass is 338 g/mol. The van der Waals surface area contributed by atoms with Gasteiger partial charge < -0.3 is 15.4 Å². The zero-order valence-corrected chi connectivity index (χ0v) is 17.2. The average molecular weight is 339 g/mol. The molecule has 1 heterocycles. The van der Waals surface area contributed by atoms with Gasteiger partial charge in [-0.05, 0) is 65.7 Å². The molecule has 0 aromatic heterocycles. The lowest BCUT2D eigenvalue weighted by Crippen LogP contribution is -2.45. The van der Waals surface area contributed by atoms with E-state index >= 15 is 0 Å². The normalized spacial score (nSPS) is 19.9. The van der Waals surface area contributed by atoms with Gasteiger partial charge in [0, 0.05) is 23.7 Å². The van der Waals surface area contributed by atoms with E-state index in [0.29, 0.717) is 24.0 Å². The molecule has 0 amide bonds. The van der Waals surface area contributed by atoms with Gasteiger partial charge in [-0.25, -0.2) is 0 Å². The Kier molecular flexibility index (Phi) is 9.54. The first-order valence-electron chi connectivity index (χ1n) is 10.00. The second kappa shape index (κ2) is 10.6. The van der Waals surface area contributed by atoms with Gasteiger partial charge >= 0.3 is 0 Å². The highest BCUT2D eigenvalue weighted by Gasteiger charge is 2.22. The smallest absolute Gasteiger partial charge is 0.0650 e. The van der Waals surface area contributed by atoms with Crippen molar-refractivity contribution in [1.82, 2.24) is 10.6 Å². The van der Waals surface area contributed by atoms with Crippen LogP contribution >= 0.6 is 0 Å². The van der Waals surface area contributed by atoms with Crippen molar-refractivity contribution in [2.45, 2.75) is 104 Å². The van der Waals surface area contributed by atoms with Gasteiger partial charge in [0.2, 0.25) is 0 Å². The van der Waals surface area contributed by atoms with E-state index in [-0.39, 0.29) is 5.54 Å². The summed E-state index contributed by atoms with van der Waals surface area (Å²) in [6.07, 6.45) is 8.33. The van der Waals surface area contributed by atoms with Gasteiger partial charge in [0.05, 0.1) is 13.2 Å². The summed E-state index contributed by atoms with van der Waals surface area (Å²) in [4.78, 5) is 0. The van der Waals surface area contributed by atoms with Crippen molar-refractivity contribution in [1.29, 1.82) is 0 Å². The molecule has 0 saturated carbocycles. The Bertz CT molecular complexity index is 376. The zero-order chi connectivity index (χ0) is 18.2. The van der Waals surface area contributed by atoms with Gasteiger partial charge in [-0.1, -0.05) is 32.4 Å². The highest BCUT2D eigenvalue weighted by atomic mass is 16.5. The molecule has 0 bridgehead atoms. The Hall–Kier alpha value is -0.380. The molecule has 0 radical (unpaired) electrons. The van der Waals surface area contributed by atoms with E-state index < -0.39 is 0 Å². The molecule has 2 N–H and O–H groups in total. The first-order valence-corrected chi connectivity index (χ1v) is 10.00. The SMILES string of the molecule is CC(C)NC(C)CCC(C)NC(C)(C)CCC(C)C1=CCOCC1. The quantitative estimate of drug-likeness (QED) is 0.537. The summed E-state index contributed by atoms with van der Waals surface area (Å²) in [6, 6.07) is 1.73. The zero-order valence-electron chi connectivity index (χ0n) is 17.2. The van der Waals surface area contributed by atoms with Crippen molar-refractivity contribution < 1.29 is 4.74 Å². The number of hydrogen-bond donors (Lipinski definition) is 2. The summed E-state index contributed by atoms with van der Waals surface area (Å²) < 4.78 is 5.42. The molecule has 0 saturated heterocycles. The van der Waals surface area contributed by atoms with Crippen molar-refractivity contribution in [2.24, 2.45) is 5.92 Å². The second-order valence-corrected chi connectivity index (χ2v) is 8.77. The minimum absolute atomic E-state index is 0.202. The lowest BCUT2D eigenvalue weighted by molar-refractivity contribution is 0.150. The van der Waals surface area contributed by atoms with Gasteiger partial charge in [0.15, 0.2) is 0 Å². The van der Waals surface area contributed by atoms with Gasteiger partial charge in [0.25, 0.3) is 0 Å². The molecule has 142 valence electrons. The Balaban J connectivity index is 2.29. The molecule has 3 atom stereocenters. The standard InChI is InChI=1S/C21H42N2O/c1-16(2)22-18(4)8-9-19(5)23-21(6,7)13-10-17(3)20-11-14-24-15-12-20/h11,16-19,22-23H,8-10,12-15H2,1-7H3. The molecule has 3 unspecified atom stereocenters. The summed E-state index contributed by atoms with van der Waals surface area (Å²) in [6.45, 7) is 17.8. The van der Waals surface area contributed by atoms with Crippen LogP contribution in [0.2, 0.25) is 0 Å². The minimum atomic E-state index is 0.202. The number of hydrogen-bond acceptors (Lipinski definition) is 3. The molecular formula is C21H42N2O. The number of rotatable bonds is 11. The fourth-order valence-corrected chi connectivity index (χ4v) is 3.72. The Morgan fingerprint density at radius 1 is 1.04 bits per heavy atom. The highest BCUT2D eigenvalue weighted by molar-refractivity contribution is 5.08. The third-order valence-electron chi connectivity index (χ3n) is 5.12. The molecule has 1 aliphatic heterocycles. The van der Waals surface area contributed by atoms with E-state index in [1.807, 2.05) is 0 Å². The van der Waals surface area contributed by atoms with Crippen LogP contribution in [0.4, 0.5) is 0 Å². The largest absolute Gasteiger partial charge is 0.377 e. The first kappa shape index (κ1) is 21.7. The molecule has 3 heteroatoms. The fraction of sp³-hybridized carbons (Fsp3) is 0.905. The lowest BCUT2D eigenvalue weighted by atomic mass is 9.87. The lowest BCUT2D eigenvalue weighted by Gasteiger charge is -2.32. The van der Waals surface area contributed by atoms with Crippen LogP contribution in [0.25, 0.3) is 0 Å². The van der Waals surface area contributed by atoms with Crippen LogP contribution in [-0.2, 0) is 4.74 Å². The molecule has 0 aliphatic carbocycles. The van der Waals surface area contributed by atoms with Crippen molar-refractivity contribution in [2.75, 3.05) is 13.2 Å². The van der Waals surface area contributed by atoms with Crippen LogP contribution in [0.1, 0.15) is 80.6 Å². The predicted octanol–water partition coefficient (Wildman–Crippen LogP) is 4.67. The molecule has 1 rings (SSSR count). The topological polar surface area (TPSA) is 33.3 Å². The molecular weight excluding hydrogens is 296 g/mol. The fourth-order valence-electron chi connectivity index (χ4n) is 3.72. The molecule has 0 aromatic carbocycles. The van der Waals surface area contributed by atoms with Gasteiger partial charge in [0.1, 0.15) is 0 Å². The van der Waals surface area contributed by atoms with Crippen LogP contribution in [0.15, 0.2) is 11.6 Å². The predicted molar refractivity (Wildman–Crippen MR) is 106 cm³/mol. The molecule has 0 fully saturated rings. The van der Waals surface area contributed by atoms with Crippen LogP contribution in [0, 0.1) is 5.92 Å². The van der Waals surface area contributed by atoms with E-state index in [1.54, 1.807) is 5.57 Å². The van der Waals surface area contributed by atoms with E-state index in [2.05, 4.69) is 65.2 Å². The van der Waals surface area contributed by atoms with Crippen LogP contribution in [0.5, 0.6) is 0 Å². The van der Waals surface area contributed by atoms with Gasteiger partial charge in [-0.15, -0.1) is 0 Å². The summed E-state index contributed by atoms with van der Waals surface area (Å²) in [5, 5.41) is 7.44. The second-order valence-electron chi connectivity index (χ2n) is 8.77. The van der Waals surface area contributed by atoms with Crippen molar-refractivity contribution in [3.63, 3.8) is 0 Å². The van der Waals surface area contributed by atoms with E-state index in [0.717, 1.165) is 19.6 Å². The Labute approximate surface area is 151 Å². The molecule has 1 aliphatic rings. The molecule has 3 nitrogen and oxygen atoms in total. The van der Waals surface area contributed by atoms with E-state index in [9.17, 15) is 0 Å². The maximum atomic E-state index is 5.42. The first-order chi connectivity index (χ1) is 11.2. The van der Waals surface area contributed by atoms with Crippen LogP contribution in [0.3, 0.4) is 0 Å². The maximum absolute atomic E-state index is 5.42. The maximum Gasteiger partial charge on any atom is 0.0650 e. The van der Waals surface area contributed by atoms with Crippen LogP contribution < -0.4 is 10.6 Å². The van der Waals surface area contributed by atoms with Gasteiger partial charge in [-0.3, -0.25) is 0 Å². The summed E-state index contributed by atoms with van der Waals surface area (Å²) in [7, 11) is 0. The highest BCUT2D eigenvalue weighted by Crippen LogP contribution is 2.25. The molecule has 24 heavy (non-hydrogen) atoms. The Morgan fingerprint density at radius 2 is 1.71 bits per heavy atom. The number of ether oxygens (including phenoxy) is 1. The summed E-state index contributed by atoms with van der Waals surface area (Å²) in [5.74, 6) is 0.681. The Morgan fingerprint density at radius 3 is 2.29 bits per heavy atom. The van der Waals surface area contributed by atoms with Crippen molar-refractivity contribution in [3.05, 3.63) is 11.6 Å². The summed E-state index contributed by atoms with van der Waals surface area (Å²) >= 11 is 0. The third-order valence-corrected chi connectivity index (χ3v) is 5.12. The third kappa shape index (κ3) is 9.19.